The Hall–Kier alpha value is -1.58. The molecule has 0 bridgehead atoms. The number of rotatable bonds is 9. The van der Waals surface area contributed by atoms with Crippen molar-refractivity contribution >= 4 is 34.8 Å². The van der Waals surface area contributed by atoms with E-state index < -0.39 is 0 Å². The molecule has 2 rings (SSSR count). The number of amides is 2. The average Bonchev–Trinajstić information content (AvgIpc) is 3.16. The van der Waals surface area contributed by atoms with Crippen molar-refractivity contribution in [3.63, 3.8) is 0 Å². The maximum absolute atomic E-state index is 11.7. The number of carbonyl (C=O) groups is 1. The third-order valence-electron chi connectivity index (χ3n) is 2.66. The van der Waals surface area contributed by atoms with Crippen molar-refractivity contribution in [3.8, 4) is 0 Å². The first kappa shape index (κ1) is 16.8. The predicted molar refractivity (Wildman–Crippen MR) is 88.6 cm³/mol. The van der Waals surface area contributed by atoms with Crippen molar-refractivity contribution in [3.05, 3.63) is 24.0 Å². The van der Waals surface area contributed by atoms with Gasteiger partial charge in [0.15, 0.2) is 0 Å². The van der Waals surface area contributed by atoms with Crippen LogP contribution in [0.4, 0.5) is 10.5 Å². The van der Waals surface area contributed by atoms with Gasteiger partial charge >= 0.3 is 6.03 Å². The van der Waals surface area contributed by atoms with E-state index >= 15 is 0 Å². The topological polar surface area (TPSA) is 81.1 Å². The molecule has 0 radical (unpaired) electrons. The van der Waals surface area contributed by atoms with E-state index in [0.29, 0.717) is 25.4 Å². The fourth-order valence-electron chi connectivity index (χ4n) is 1.63. The molecule has 120 valence electrons. The smallest absolute Gasteiger partial charge is 0.319 e. The van der Waals surface area contributed by atoms with E-state index in [0.717, 1.165) is 16.5 Å². The minimum atomic E-state index is -0.217. The van der Waals surface area contributed by atoms with Crippen molar-refractivity contribution in [2.24, 2.45) is 0 Å². The number of carbonyl (C=O) groups excluding carboxylic acids is 1. The van der Waals surface area contributed by atoms with Gasteiger partial charge in [0.2, 0.25) is 0 Å². The molecule has 0 atom stereocenters. The molecule has 9 heteroatoms. The molecule has 0 saturated heterocycles. The summed E-state index contributed by atoms with van der Waals surface area (Å²) in [6.07, 6.45) is 6.08. The van der Waals surface area contributed by atoms with Crippen molar-refractivity contribution in [1.29, 1.82) is 0 Å². The molecule has 0 aliphatic heterocycles. The Labute approximate surface area is 137 Å². The molecule has 2 N–H and O–H groups in total. The summed E-state index contributed by atoms with van der Waals surface area (Å²) < 4.78 is 7.76. The van der Waals surface area contributed by atoms with Gasteiger partial charge in [-0.1, -0.05) is 11.8 Å². The lowest BCUT2D eigenvalue weighted by Crippen LogP contribution is -2.29. The molecule has 0 aliphatic carbocycles. The minimum absolute atomic E-state index is 0.217. The van der Waals surface area contributed by atoms with Gasteiger partial charge in [-0.2, -0.15) is 5.10 Å². The zero-order valence-electron chi connectivity index (χ0n) is 12.3. The Morgan fingerprint density at radius 2 is 2.45 bits per heavy atom. The number of nitrogens with one attached hydrogen (secondary N) is 2. The van der Waals surface area contributed by atoms with Crippen LogP contribution >= 0.6 is 23.1 Å². The maximum atomic E-state index is 11.7. The van der Waals surface area contributed by atoms with Gasteiger partial charge in [-0.25, -0.2) is 9.78 Å². The highest BCUT2D eigenvalue weighted by molar-refractivity contribution is 8.00. The van der Waals surface area contributed by atoms with Crippen LogP contribution in [0.3, 0.4) is 0 Å². The van der Waals surface area contributed by atoms with Gasteiger partial charge in [-0.05, 0) is 6.42 Å². The Bertz CT molecular complexity index is 559. The molecule has 0 aromatic carbocycles. The highest BCUT2D eigenvalue weighted by atomic mass is 32.2. The van der Waals surface area contributed by atoms with Gasteiger partial charge in [-0.3, -0.25) is 4.68 Å². The molecule has 0 unspecified atom stereocenters. The summed E-state index contributed by atoms with van der Waals surface area (Å²) in [5.74, 6) is 0.933. The van der Waals surface area contributed by atoms with Crippen LogP contribution in [0.1, 0.15) is 6.42 Å². The quantitative estimate of drug-likeness (QED) is 0.540. The molecular formula is C13H19N5O2S2. The Morgan fingerprint density at radius 3 is 3.23 bits per heavy atom. The summed E-state index contributed by atoms with van der Waals surface area (Å²) >= 11 is 3.34. The Morgan fingerprint density at radius 1 is 1.55 bits per heavy atom. The van der Waals surface area contributed by atoms with Crippen LogP contribution in [0.25, 0.3) is 0 Å². The van der Waals surface area contributed by atoms with Crippen LogP contribution < -0.4 is 10.6 Å². The van der Waals surface area contributed by atoms with Gasteiger partial charge in [0.25, 0.3) is 0 Å². The van der Waals surface area contributed by atoms with Gasteiger partial charge < -0.3 is 15.4 Å². The summed E-state index contributed by atoms with van der Waals surface area (Å²) in [4.78, 5) is 15.9. The van der Waals surface area contributed by atoms with E-state index in [-0.39, 0.29) is 6.03 Å². The van der Waals surface area contributed by atoms with E-state index in [9.17, 15) is 4.79 Å². The second kappa shape index (κ2) is 9.44. The molecule has 2 heterocycles. The second-order valence-corrected chi connectivity index (χ2v) is 6.60. The summed E-state index contributed by atoms with van der Waals surface area (Å²) in [7, 11) is 1.64. The lowest BCUT2D eigenvalue weighted by molar-refractivity contribution is 0.183. The summed E-state index contributed by atoms with van der Waals surface area (Å²) in [5.41, 5.74) is 0.672. The largest absolute Gasteiger partial charge is 0.383 e. The van der Waals surface area contributed by atoms with E-state index in [1.807, 2.05) is 5.38 Å². The predicted octanol–water partition coefficient (Wildman–Crippen LogP) is 2.29. The zero-order chi connectivity index (χ0) is 15.6. The monoisotopic (exact) mass is 341 g/mol. The van der Waals surface area contributed by atoms with Gasteiger partial charge in [0.1, 0.15) is 4.34 Å². The van der Waals surface area contributed by atoms with Crippen molar-refractivity contribution in [2.45, 2.75) is 17.3 Å². The number of ether oxygens (including phenoxy) is 1. The van der Waals surface area contributed by atoms with Crippen LogP contribution in [-0.4, -0.2) is 46.8 Å². The first-order valence-electron chi connectivity index (χ1n) is 6.86. The number of hydrogen-bond donors (Lipinski definition) is 2. The minimum Gasteiger partial charge on any atom is -0.383 e. The van der Waals surface area contributed by atoms with E-state index in [1.165, 1.54) is 0 Å². The lowest BCUT2D eigenvalue weighted by atomic mass is 10.5. The summed E-state index contributed by atoms with van der Waals surface area (Å²) in [6, 6.07) is -0.217. The third-order valence-corrected chi connectivity index (χ3v) is 4.71. The molecule has 7 nitrogen and oxygen atoms in total. The van der Waals surface area contributed by atoms with Crippen molar-refractivity contribution < 1.29 is 9.53 Å². The normalized spacial score (nSPS) is 10.6. The van der Waals surface area contributed by atoms with Crippen LogP contribution in [0, 0.1) is 0 Å². The number of thioether (sulfide) groups is 1. The number of anilines is 1. The highest BCUT2D eigenvalue weighted by Crippen LogP contribution is 2.20. The van der Waals surface area contributed by atoms with Crippen LogP contribution in [-0.2, 0) is 11.3 Å². The number of methoxy groups -OCH3 is 1. The Kier molecular flexibility index (Phi) is 7.20. The molecule has 2 aromatic heterocycles. The lowest BCUT2D eigenvalue weighted by Gasteiger charge is -2.05. The number of thiazole rings is 1. The molecule has 2 aromatic rings. The molecule has 0 saturated carbocycles. The SMILES string of the molecule is COCCn1cc(NC(=O)NCCCSc2nccs2)cn1. The fourth-order valence-corrected chi connectivity index (χ4v) is 3.27. The molecular weight excluding hydrogens is 322 g/mol. The van der Waals surface area contributed by atoms with Gasteiger partial charge in [-0.15, -0.1) is 11.3 Å². The maximum Gasteiger partial charge on any atom is 0.319 e. The van der Waals surface area contributed by atoms with Crippen LogP contribution in [0.2, 0.25) is 0 Å². The van der Waals surface area contributed by atoms with Gasteiger partial charge in [0.05, 0.1) is 25.0 Å². The summed E-state index contributed by atoms with van der Waals surface area (Å²) in [6.45, 7) is 1.87. The Balaban J connectivity index is 1.58. The van der Waals surface area contributed by atoms with Crippen molar-refractivity contribution in [2.75, 3.05) is 31.3 Å². The summed E-state index contributed by atoms with van der Waals surface area (Å²) in [5, 5.41) is 11.7. The molecule has 22 heavy (non-hydrogen) atoms. The third kappa shape index (κ3) is 6.04. The molecule has 0 aliphatic rings. The van der Waals surface area contributed by atoms with Crippen LogP contribution in [0.15, 0.2) is 28.3 Å². The standard InChI is InChI=1S/C13H19N5O2S2/c1-20-6-5-18-10-11(9-16-18)17-12(19)14-3-2-7-21-13-15-4-8-22-13/h4,8-10H,2-3,5-7H2,1H3,(H2,14,17,19). The van der Waals surface area contributed by atoms with Crippen molar-refractivity contribution in [1.82, 2.24) is 20.1 Å². The fraction of sp³-hybridized carbons (Fsp3) is 0.462. The van der Waals surface area contributed by atoms with Gasteiger partial charge in [0, 0.05) is 37.2 Å². The second-order valence-electron chi connectivity index (χ2n) is 4.37. The number of aromatic nitrogens is 3. The number of hydrogen-bond acceptors (Lipinski definition) is 6. The zero-order valence-corrected chi connectivity index (χ0v) is 14.0. The molecule has 0 spiro atoms. The number of nitrogens with zero attached hydrogens (tertiary/aromatic N) is 3. The molecule has 0 fully saturated rings. The van der Waals surface area contributed by atoms with E-state index in [1.54, 1.807) is 53.5 Å². The van der Waals surface area contributed by atoms with E-state index in [2.05, 4.69) is 20.7 Å². The molecule has 2 amide bonds. The first-order chi connectivity index (χ1) is 10.8. The first-order valence-corrected chi connectivity index (χ1v) is 8.73. The highest BCUT2D eigenvalue weighted by Gasteiger charge is 2.04. The van der Waals surface area contributed by atoms with Crippen LogP contribution in [0.5, 0.6) is 0 Å². The van der Waals surface area contributed by atoms with E-state index in [4.69, 9.17) is 4.74 Å². The number of urea groups is 1. The average molecular weight is 341 g/mol.